The fourth-order valence-electron chi connectivity index (χ4n) is 3.13. The quantitative estimate of drug-likeness (QED) is 0.458. The molecule has 154 valence electrons. The minimum atomic E-state index is -4.56. The van der Waals surface area contributed by atoms with E-state index >= 15 is 0 Å². The predicted octanol–water partition coefficient (Wildman–Crippen LogP) is 6.11. The molecule has 0 heterocycles. The first-order valence-electron chi connectivity index (χ1n) is 8.86. The number of ketones is 1. The average Bonchev–Trinajstić information content (AvgIpc) is 2.58. The molecule has 0 saturated carbocycles. The number of carbonyl (C=O) groups is 2. The number of alkyl halides is 3. The molecule has 0 saturated heterocycles. The first-order valence-corrected chi connectivity index (χ1v) is 9.24. The highest BCUT2D eigenvalue weighted by atomic mass is 35.5. The largest absolute Gasteiger partial charge is 0.478 e. The molecule has 3 nitrogen and oxygen atoms in total. The molecular weight excluding hydrogens is 405 g/mol. The molecule has 29 heavy (non-hydrogen) atoms. The molecule has 0 bridgehead atoms. The van der Waals surface area contributed by atoms with Gasteiger partial charge in [-0.1, -0.05) is 48.9 Å². The van der Waals surface area contributed by atoms with Crippen LogP contribution in [0.15, 0.2) is 59.7 Å². The summed E-state index contributed by atoms with van der Waals surface area (Å²) < 4.78 is 39.1. The van der Waals surface area contributed by atoms with E-state index in [0.717, 1.165) is 12.1 Å². The van der Waals surface area contributed by atoms with Crippen molar-refractivity contribution in [2.24, 2.45) is 11.8 Å². The molecule has 2 unspecified atom stereocenters. The van der Waals surface area contributed by atoms with Crippen molar-refractivity contribution in [1.29, 1.82) is 0 Å². The van der Waals surface area contributed by atoms with Gasteiger partial charge in [-0.25, -0.2) is 4.79 Å². The van der Waals surface area contributed by atoms with Crippen LogP contribution in [0.25, 0.3) is 6.08 Å². The Labute approximate surface area is 171 Å². The topological polar surface area (TPSA) is 54.4 Å². The molecule has 1 aliphatic carbocycles. The highest BCUT2D eigenvalue weighted by molar-refractivity contribution is 6.31. The molecule has 1 N–H and O–H groups in total. The summed E-state index contributed by atoms with van der Waals surface area (Å²) in [5.41, 5.74) is 0.571. The summed E-state index contributed by atoms with van der Waals surface area (Å²) >= 11 is 5.64. The maximum atomic E-state index is 13.0. The number of hydrogen-bond acceptors (Lipinski definition) is 2. The molecule has 0 aliphatic heterocycles. The summed E-state index contributed by atoms with van der Waals surface area (Å²) in [6, 6.07) is 3.61. The van der Waals surface area contributed by atoms with E-state index in [4.69, 9.17) is 16.7 Å². The van der Waals surface area contributed by atoms with Crippen molar-refractivity contribution in [2.75, 3.05) is 0 Å². The van der Waals surface area contributed by atoms with Crippen LogP contribution in [0.4, 0.5) is 13.2 Å². The summed E-state index contributed by atoms with van der Waals surface area (Å²) in [5.74, 6) is -1.32. The van der Waals surface area contributed by atoms with Crippen LogP contribution in [-0.4, -0.2) is 16.9 Å². The third kappa shape index (κ3) is 6.46. The van der Waals surface area contributed by atoms with Gasteiger partial charge >= 0.3 is 12.1 Å². The molecule has 2 rings (SSSR count). The molecular formula is C22H20ClF3O3. The highest BCUT2D eigenvalue weighted by Gasteiger charge is 2.33. The van der Waals surface area contributed by atoms with Crippen molar-refractivity contribution in [2.45, 2.75) is 26.4 Å². The Morgan fingerprint density at radius 1 is 1.28 bits per heavy atom. The van der Waals surface area contributed by atoms with Crippen molar-refractivity contribution in [3.8, 4) is 0 Å². The third-order valence-corrected chi connectivity index (χ3v) is 4.86. The van der Waals surface area contributed by atoms with Crippen molar-refractivity contribution < 1.29 is 27.9 Å². The molecule has 1 aromatic carbocycles. The van der Waals surface area contributed by atoms with Gasteiger partial charge in [0.1, 0.15) is 0 Å². The summed E-state index contributed by atoms with van der Waals surface area (Å²) in [4.78, 5) is 22.7. The minimum absolute atomic E-state index is 0.0306. The third-order valence-electron chi connectivity index (χ3n) is 4.53. The Kier molecular flexibility index (Phi) is 7.25. The number of aliphatic carboxylic acids is 1. The Morgan fingerprint density at radius 2 is 1.97 bits per heavy atom. The molecule has 0 radical (unpaired) electrons. The molecule has 7 heteroatoms. The predicted molar refractivity (Wildman–Crippen MR) is 106 cm³/mol. The smallest absolute Gasteiger partial charge is 0.417 e. The van der Waals surface area contributed by atoms with Gasteiger partial charge in [0.15, 0.2) is 5.78 Å². The van der Waals surface area contributed by atoms with E-state index < -0.39 is 17.7 Å². The fourth-order valence-corrected chi connectivity index (χ4v) is 3.35. The van der Waals surface area contributed by atoms with E-state index in [1.807, 2.05) is 13.0 Å². The fraction of sp³-hybridized carbons (Fsp3) is 0.273. The van der Waals surface area contributed by atoms with E-state index in [1.165, 1.54) is 24.3 Å². The number of halogens is 4. The van der Waals surface area contributed by atoms with Crippen LogP contribution in [-0.2, 0) is 15.8 Å². The second-order valence-corrected chi connectivity index (χ2v) is 7.38. The number of carboxylic acids is 1. The Hall–Kier alpha value is -2.60. The van der Waals surface area contributed by atoms with E-state index in [2.05, 4.69) is 0 Å². The van der Waals surface area contributed by atoms with Crippen LogP contribution < -0.4 is 0 Å². The van der Waals surface area contributed by atoms with Gasteiger partial charge in [0.2, 0.25) is 0 Å². The Morgan fingerprint density at radius 3 is 2.59 bits per heavy atom. The maximum absolute atomic E-state index is 13.0. The lowest BCUT2D eigenvalue weighted by Crippen LogP contribution is -2.20. The zero-order valence-corrected chi connectivity index (χ0v) is 16.6. The second-order valence-electron chi connectivity index (χ2n) is 6.97. The van der Waals surface area contributed by atoms with E-state index in [0.29, 0.717) is 23.1 Å². The van der Waals surface area contributed by atoms with Crippen LogP contribution in [0.5, 0.6) is 0 Å². The minimum Gasteiger partial charge on any atom is -0.478 e. The lowest BCUT2D eigenvalue weighted by Gasteiger charge is -2.25. The van der Waals surface area contributed by atoms with Crippen molar-refractivity contribution in [1.82, 2.24) is 0 Å². The first kappa shape index (κ1) is 22.7. The molecule has 0 aromatic heterocycles. The summed E-state index contributed by atoms with van der Waals surface area (Å²) in [6.45, 7) is 3.54. The van der Waals surface area contributed by atoms with Crippen molar-refractivity contribution in [3.05, 3.63) is 75.9 Å². The van der Waals surface area contributed by atoms with Gasteiger partial charge in [-0.15, -0.1) is 0 Å². The van der Waals surface area contributed by atoms with Crippen molar-refractivity contribution >= 4 is 29.4 Å². The van der Waals surface area contributed by atoms with Gasteiger partial charge in [0, 0.05) is 18.4 Å². The van der Waals surface area contributed by atoms with Gasteiger partial charge in [-0.2, -0.15) is 13.2 Å². The number of carboxylic acid groups (broad SMARTS) is 1. The first-order chi connectivity index (χ1) is 13.5. The lowest BCUT2D eigenvalue weighted by molar-refractivity contribution is -0.137. The molecule has 1 aliphatic rings. The SMILES string of the molecule is CC(/C=C/C1C(/C=C/c2ccc(Cl)c(C(F)(F)F)c2)=CC(=O)CC1C)=C\C(=O)O. The van der Waals surface area contributed by atoms with Crippen LogP contribution in [0.2, 0.25) is 5.02 Å². The highest BCUT2D eigenvalue weighted by Crippen LogP contribution is 2.36. The van der Waals surface area contributed by atoms with Crippen LogP contribution in [0.1, 0.15) is 31.4 Å². The zero-order valence-electron chi connectivity index (χ0n) is 15.8. The second kappa shape index (κ2) is 9.27. The number of carbonyl (C=O) groups excluding carboxylic acids is 1. The number of benzene rings is 1. The Balaban J connectivity index is 2.34. The number of rotatable bonds is 5. The summed E-state index contributed by atoms with van der Waals surface area (Å²) in [6.07, 6.45) is 4.92. The summed E-state index contributed by atoms with van der Waals surface area (Å²) in [5, 5.41) is 8.42. The van der Waals surface area contributed by atoms with E-state index in [-0.39, 0.29) is 22.6 Å². The number of hydrogen-bond donors (Lipinski definition) is 1. The normalized spacial score (nSPS) is 21.1. The molecule has 0 spiro atoms. The molecule has 0 fully saturated rings. The van der Waals surface area contributed by atoms with Gasteiger partial charge in [-0.3, -0.25) is 4.79 Å². The number of allylic oxidation sites excluding steroid dienone is 6. The van der Waals surface area contributed by atoms with Crippen LogP contribution in [0.3, 0.4) is 0 Å². The lowest BCUT2D eigenvalue weighted by atomic mass is 9.78. The monoisotopic (exact) mass is 424 g/mol. The van der Waals surface area contributed by atoms with Crippen molar-refractivity contribution in [3.63, 3.8) is 0 Å². The van der Waals surface area contributed by atoms with Crippen LogP contribution in [0, 0.1) is 11.8 Å². The van der Waals surface area contributed by atoms with Gasteiger partial charge in [0.25, 0.3) is 0 Å². The van der Waals surface area contributed by atoms with Gasteiger partial charge in [0.05, 0.1) is 10.6 Å². The molecule has 1 aromatic rings. The average molecular weight is 425 g/mol. The molecule has 0 amide bonds. The standard InChI is InChI=1S/C22H20ClF3O3/c1-13(9-21(28)29)3-7-18-14(2)10-17(27)12-16(18)6-4-15-5-8-20(23)19(11-15)22(24,25)26/h3-9,11-12,14,18H,10H2,1-2H3,(H,28,29)/b6-4+,7-3+,13-9+. The van der Waals surface area contributed by atoms with E-state index in [1.54, 1.807) is 19.1 Å². The zero-order chi connectivity index (χ0) is 21.8. The van der Waals surface area contributed by atoms with Crippen LogP contribution >= 0.6 is 11.6 Å². The van der Waals surface area contributed by atoms with Gasteiger partial charge in [-0.05, 0) is 47.8 Å². The van der Waals surface area contributed by atoms with Gasteiger partial charge < -0.3 is 5.11 Å². The Bertz CT molecular complexity index is 924. The summed E-state index contributed by atoms with van der Waals surface area (Å²) in [7, 11) is 0. The molecule has 2 atom stereocenters. The maximum Gasteiger partial charge on any atom is 0.417 e. The van der Waals surface area contributed by atoms with E-state index in [9.17, 15) is 22.8 Å².